The predicted molar refractivity (Wildman–Crippen MR) is 44.0 cm³/mol. The third-order valence-electron chi connectivity index (χ3n) is 1.66. The average molecular weight is 187 g/mol. The predicted octanol–water partition coefficient (Wildman–Crippen LogP) is 1.90. The molecule has 2 nitrogen and oxygen atoms in total. The summed E-state index contributed by atoms with van der Waals surface area (Å²) in [5.74, 6) is -1.66. The summed E-state index contributed by atoms with van der Waals surface area (Å²) in [5.41, 5.74) is -0.673. The van der Waals surface area contributed by atoms with Gasteiger partial charge >= 0.3 is 0 Å². The Morgan fingerprint density at radius 2 is 1.85 bits per heavy atom. The van der Waals surface area contributed by atoms with Gasteiger partial charge in [-0.2, -0.15) is 9.12 Å². The third kappa shape index (κ3) is 1.94. The monoisotopic (exact) mass is 187 g/mol. The van der Waals surface area contributed by atoms with E-state index in [2.05, 4.69) is 0 Å². The Balaban J connectivity index is 3.38. The van der Waals surface area contributed by atoms with Gasteiger partial charge in [-0.1, -0.05) is 20.8 Å². The van der Waals surface area contributed by atoms with Crippen molar-refractivity contribution in [1.82, 2.24) is 0 Å². The number of rotatable bonds is 0. The number of nitrogens with zero attached hydrogens (tertiary/aromatic N) is 1. The zero-order valence-electron chi connectivity index (χ0n) is 7.77. The van der Waals surface area contributed by atoms with Crippen LogP contribution >= 0.6 is 0 Å². The van der Waals surface area contributed by atoms with Gasteiger partial charge in [0.1, 0.15) is 0 Å². The third-order valence-corrected chi connectivity index (χ3v) is 1.66. The van der Waals surface area contributed by atoms with Crippen molar-refractivity contribution in [3.63, 3.8) is 0 Å². The van der Waals surface area contributed by atoms with E-state index in [0.717, 1.165) is 12.3 Å². The molecule has 0 aliphatic rings. The van der Waals surface area contributed by atoms with Crippen molar-refractivity contribution in [3.05, 3.63) is 34.8 Å². The lowest BCUT2D eigenvalue weighted by Gasteiger charge is -2.17. The van der Waals surface area contributed by atoms with Crippen molar-refractivity contribution in [2.24, 2.45) is 0 Å². The lowest BCUT2D eigenvalue weighted by Crippen LogP contribution is -2.40. The molecule has 13 heavy (non-hydrogen) atoms. The second-order valence-electron chi connectivity index (χ2n) is 3.93. The first-order chi connectivity index (χ1) is 5.82. The molecule has 0 N–H and O–H groups in total. The van der Waals surface area contributed by atoms with Crippen molar-refractivity contribution < 1.29 is 13.5 Å². The van der Waals surface area contributed by atoms with Crippen LogP contribution in [0.15, 0.2) is 12.3 Å². The van der Waals surface area contributed by atoms with E-state index in [1.807, 2.05) is 0 Å². The van der Waals surface area contributed by atoms with Crippen LogP contribution in [0.1, 0.15) is 26.5 Å². The molecule has 0 atom stereocenters. The standard InChI is InChI=1S/C9H11F2NO/c1-9(2,3)8-7(11)4-6(10)5-12(8)13/h4-5H,1-3H3. The summed E-state index contributed by atoms with van der Waals surface area (Å²) in [6.45, 7) is 5.08. The summed E-state index contributed by atoms with van der Waals surface area (Å²) in [4.78, 5) is 0. The topological polar surface area (TPSA) is 26.9 Å². The molecule has 0 spiro atoms. The fourth-order valence-electron chi connectivity index (χ4n) is 1.20. The van der Waals surface area contributed by atoms with Crippen molar-refractivity contribution in [2.75, 3.05) is 0 Å². The number of hydrogen-bond donors (Lipinski definition) is 0. The fraction of sp³-hybridized carbons (Fsp3) is 0.444. The zero-order chi connectivity index (χ0) is 10.2. The van der Waals surface area contributed by atoms with E-state index in [1.165, 1.54) is 0 Å². The van der Waals surface area contributed by atoms with Gasteiger partial charge in [-0.15, -0.1) is 0 Å². The molecule has 0 aliphatic heterocycles. The van der Waals surface area contributed by atoms with Gasteiger partial charge in [-0.3, -0.25) is 0 Å². The molecule has 1 aromatic heterocycles. The van der Waals surface area contributed by atoms with Crippen LogP contribution in [0.2, 0.25) is 0 Å². The summed E-state index contributed by atoms with van der Waals surface area (Å²) >= 11 is 0. The van der Waals surface area contributed by atoms with Crippen LogP contribution in [0.5, 0.6) is 0 Å². The molecule has 0 radical (unpaired) electrons. The van der Waals surface area contributed by atoms with Gasteiger partial charge in [0.2, 0.25) is 11.9 Å². The molecule has 1 rings (SSSR count). The Labute approximate surface area is 75.4 Å². The van der Waals surface area contributed by atoms with E-state index in [9.17, 15) is 14.0 Å². The molecule has 0 saturated carbocycles. The Morgan fingerprint density at radius 1 is 1.31 bits per heavy atom. The van der Waals surface area contributed by atoms with E-state index in [-0.39, 0.29) is 10.4 Å². The van der Waals surface area contributed by atoms with Gasteiger partial charge in [0.05, 0.1) is 5.41 Å². The first-order valence-electron chi connectivity index (χ1n) is 3.91. The van der Waals surface area contributed by atoms with Crippen molar-refractivity contribution >= 4 is 0 Å². The number of pyridine rings is 1. The highest BCUT2D eigenvalue weighted by atomic mass is 19.1. The maximum Gasteiger partial charge on any atom is 0.234 e. The highest BCUT2D eigenvalue weighted by molar-refractivity contribution is 5.11. The summed E-state index contributed by atoms with van der Waals surface area (Å²) in [6, 6.07) is 0.717. The Kier molecular flexibility index (Phi) is 2.24. The van der Waals surface area contributed by atoms with Crippen LogP contribution in [0.25, 0.3) is 0 Å². The normalized spacial score (nSPS) is 11.8. The lowest BCUT2D eigenvalue weighted by atomic mass is 9.91. The van der Waals surface area contributed by atoms with Crippen molar-refractivity contribution in [1.29, 1.82) is 0 Å². The maximum atomic E-state index is 13.1. The Bertz CT molecular complexity index is 308. The minimum atomic E-state index is -0.861. The maximum absolute atomic E-state index is 13.1. The molecular weight excluding hydrogens is 176 g/mol. The molecule has 1 heterocycles. The highest BCUT2D eigenvalue weighted by Crippen LogP contribution is 2.21. The van der Waals surface area contributed by atoms with Gasteiger partial charge in [0, 0.05) is 6.07 Å². The summed E-state index contributed by atoms with van der Waals surface area (Å²) in [7, 11) is 0. The average Bonchev–Trinajstić information content (AvgIpc) is 1.78. The molecule has 0 unspecified atom stereocenters. The molecule has 0 bridgehead atoms. The van der Waals surface area contributed by atoms with Crippen LogP contribution in [-0.4, -0.2) is 0 Å². The molecule has 1 aromatic rings. The molecule has 0 fully saturated rings. The van der Waals surface area contributed by atoms with Gasteiger partial charge < -0.3 is 5.21 Å². The van der Waals surface area contributed by atoms with Crippen LogP contribution in [0.4, 0.5) is 8.78 Å². The van der Waals surface area contributed by atoms with Crippen LogP contribution in [0.3, 0.4) is 0 Å². The number of halogens is 2. The smallest absolute Gasteiger partial charge is 0.234 e. The minimum absolute atomic E-state index is 0.0473. The highest BCUT2D eigenvalue weighted by Gasteiger charge is 2.28. The van der Waals surface area contributed by atoms with Crippen molar-refractivity contribution in [3.8, 4) is 0 Å². The van der Waals surface area contributed by atoms with Crippen molar-refractivity contribution in [2.45, 2.75) is 26.2 Å². The molecule has 0 aliphatic carbocycles. The van der Waals surface area contributed by atoms with Gasteiger partial charge in [-0.05, 0) is 0 Å². The van der Waals surface area contributed by atoms with E-state index in [1.54, 1.807) is 20.8 Å². The summed E-state index contributed by atoms with van der Waals surface area (Å²) in [5, 5.41) is 11.1. The minimum Gasteiger partial charge on any atom is -0.618 e. The molecule has 0 aromatic carbocycles. The molecular formula is C9H11F2NO. The van der Waals surface area contributed by atoms with Gasteiger partial charge in [0.25, 0.3) is 0 Å². The molecule has 4 heteroatoms. The molecule has 0 amide bonds. The summed E-state index contributed by atoms with van der Waals surface area (Å²) in [6.07, 6.45) is 0.726. The number of hydrogen-bond acceptors (Lipinski definition) is 1. The summed E-state index contributed by atoms with van der Waals surface area (Å²) < 4.78 is 25.9. The number of aromatic nitrogens is 1. The van der Waals surface area contributed by atoms with Gasteiger partial charge in [-0.25, -0.2) is 4.39 Å². The first kappa shape index (κ1) is 9.89. The van der Waals surface area contributed by atoms with Crippen LogP contribution in [-0.2, 0) is 5.41 Å². The SMILES string of the molecule is CC(C)(C)c1c(F)cc(F)c[n+]1[O-]. The molecule has 72 valence electrons. The van der Waals surface area contributed by atoms with E-state index >= 15 is 0 Å². The van der Waals surface area contributed by atoms with Crippen LogP contribution < -0.4 is 4.73 Å². The lowest BCUT2D eigenvalue weighted by molar-refractivity contribution is -0.621. The second kappa shape index (κ2) is 2.94. The first-order valence-corrected chi connectivity index (χ1v) is 3.91. The van der Waals surface area contributed by atoms with Gasteiger partial charge in [0.15, 0.2) is 11.6 Å². The quantitative estimate of drug-likeness (QED) is 0.450. The zero-order valence-corrected chi connectivity index (χ0v) is 7.77. The Hall–Kier alpha value is -1.19. The fourth-order valence-corrected chi connectivity index (χ4v) is 1.20. The van der Waals surface area contributed by atoms with E-state index in [4.69, 9.17) is 0 Å². The van der Waals surface area contributed by atoms with E-state index < -0.39 is 17.0 Å². The van der Waals surface area contributed by atoms with Crippen LogP contribution in [0, 0.1) is 16.8 Å². The second-order valence-corrected chi connectivity index (χ2v) is 3.93. The molecule has 0 saturated heterocycles. The largest absolute Gasteiger partial charge is 0.618 e. The Morgan fingerprint density at radius 3 is 2.23 bits per heavy atom. The van der Waals surface area contributed by atoms with E-state index in [0.29, 0.717) is 0 Å².